The first-order chi connectivity index (χ1) is 38.0. The molecule has 0 aliphatic carbocycles. The molecule has 3 atom stereocenters. The summed E-state index contributed by atoms with van der Waals surface area (Å²) in [6.45, 7) is 11.4. The van der Waals surface area contributed by atoms with Gasteiger partial charge in [-0.3, -0.25) is 18.9 Å². The van der Waals surface area contributed by atoms with E-state index in [0.29, 0.717) is 86.7 Å². The van der Waals surface area contributed by atoms with Gasteiger partial charge in [0, 0.05) is 77.4 Å². The number of benzene rings is 5. The molecule has 2 amide bonds. The minimum Gasteiger partial charge on any atom is -0.493 e. The molecule has 0 radical (unpaired) electrons. The number of amides is 2. The number of hydrogen-bond acceptors (Lipinski definition) is 14. The fourth-order valence-corrected chi connectivity index (χ4v) is 15.0. The van der Waals surface area contributed by atoms with E-state index in [0.717, 1.165) is 77.0 Å². The fourth-order valence-electron chi connectivity index (χ4n) is 11.3. The van der Waals surface area contributed by atoms with Crippen molar-refractivity contribution in [3.8, 4) is 17.2 Å². The van der Waals surface area contributed by atoms with Crippen LogP contribution in [0.15, 0.2) is 91.0 Å². The molecule has 1 unspecified atom stereocenters. The standard InChI is InChI=1S/C61H73N3O12S3/c1-7-54(65)58(79(68,69)70)20-27-77-78-61(3,4)39-62(21-22-73-25-26-74-24-23-71-5)49-30-41(37-75-55-34-43-16-18-47-32-45-12-8-10-14-52(45)63(47)59(66)50(43)28-40(55)2)29-42(31-49)38-76-57-35-44-17-19-48-33-46-13-9-11-15-53(46)64(48)60(67)51(44)36-56(57)72-6/h8-15,28-31,34-36,47-48,58H,7,16-27,32-33,37-39H2,1-6H3,(H,68,69,70)/t47-,48-,58?/m1/s1. The third kappa shape index (κ3) is 13.8. The largest absolute Gasteiger partial charge is 0.493 e. The van der Waals surface area contributed by atoms with Crippen molar-refractivity contribution in [3.05, 3.63) is 141 Å². The Morgan fingerprint density at radius 1 is 0.734 bits per heavy atom. The number of Topliss-reactive ketones (excluding diaryl/α,β-unsaturated/α-hetero) is 1. The van der Waals surface area contributed by atoms with Crippen LogP contribution >= 0.6 is 21.6 Å². The van der Waals surface area contributed by atoms with Crippen LogP contribution < -0.4 is 28.9 Å². The predicted molar refractivity (Wildman–Crippen MR) is 313 cm³/mol. The Kier molecular flexibility index (Phi) is 19.0. The third-order valence-electron chi connectivity index (χ3n) is 15.2. The van der Waals surface area contributed by atoms with Crippen LogP contribution in [-0.2, 0) is 68.0 Å². The normalized spacial score (nSPS) is 16.9. The SMILES string of the molecule is CCC(=O)C(CCSSC(C)(C)CN(CCOCCOCCOC)c1cc(COc2cc3c(cc2C)C(=O)N2c4ccccc4C[C@H]2CC3)cc(COc2cc3c(cc2OC)C(=O)N2c4ccccc4C[C@H]2CC3)c1)S(=O)(=O)O. The molecule has 0 saturated heterocycles. The monoisotopic (exact) mass is 1140 g/mol. The van der Waals surface area contributed by atoms with Crippen LogP contribution in [-0.4, -0.2) is 119 Å². The molecule has 0 aromatic heterocycles. The minimum absolute atomic E-state index is 0.000954. The van der Waals surface area contributed by atoms with Crippen LogP contribution in [0.3, 0.4) is 0 Å². The molecule has 4 heterocycles. The van der Waals surface area contributed by atoms with Crippen molar-refractivity contribution in [1.29, 1.82) is 0 Å². The quantitative estimate of drug-likeness (QED) is 0.0299. The summed E-state index contributed by atoms with van der Waals surface area (Å²) >= 11 is 0. The molecular weight excluding hydrogens is 1060 g/mol. The van der Waals surface area contributed by atoms with Gasteiger partial charge in [0.1, 0.15) is 24.2 Å². The number of carbonyl (C=O) groups is 3. The fraction of sp³-hybridized carbons (Fsp3) is 0.459. The van der Waals surface area contributed by atoms with Crippen molar-refractivity contribution in [3.63, 3.8) is 0 Å². The topological polar surface area (TPSA) is 171 Å². The molecule has 18 heteroatoms. The van der Waals surface area contributed by atoms with E-state index in [2.05, 4.69) is 49.1 Å². The van der Waals surface area contributed by atoms with Crippen molar-refractivity contribution in [2.24, 2.45) is 0 Å². The maximum absolute atomic E-state index is 14.3. The zero-order chi connectivity index (χ0) is 55.8. The number of hydrogen-bond donors (Lipinski definition) is 1. The van der Waals surface area contributed by atoms with E-state index >= 15 is 0 Å². The van der Waals surface area contributed by atoms with Gasteiger partial charge >= 0.3 is 0 Å². The van der Waals surface area contributed by atoms with Gasteiger partial charge in [-0.05, 0) is 159 Å². The molecule has 79 heavy (non-hydrogen) atoms. The summed E-state index contributed by atoms with van der Waals surface area (Å²) in [6.07, 6.45) is 4.79. The van der Waals surface area contributed by atoms with Gasteiger partial charge in [-0.25, -0.2) is 0 Å². The number of ketones is 1. The van der Waals surface area contributed by atoms with E-state index in [9.17, 15) is 27.4 Å². The lowest BCUT2D eigenvalue weighted by molar-refractivity contribution is -0.118. The van der Waals surface area contributed by atoms with E-state index in [-0.39, 0.29) is 50.0 Å². The smallest absolute Gasteiger partial charge is 0.275 e. The van der Waals surface area contributed by atoms with Crippen molar-refractivity contribution in [2.75, 3.05) is 80.8 Å². The molecule has 4 aliphatic heterocycles. The number of para-hydroxylation sites is 2. The average Bonchev–Trinajstić information content (AvgIpc) is 4.20. The molecule has 422 valence electrons. The first-order valence-electron chi connectivity index (χ1n) is 27.3. The van der Waals surface area contributed by atoms with E-state index in [1.54, 1.807) is 31.9 Å². The summed E-state index contributed by atoms with van der Waals surface area (Å²) in [5.74, 6) is 1.51. The average molecular weight is 1140 g/mol. The predicted octanol–water partition coefficient (Wildman–Crippen LogP) is 10.5. The zero-order valence-electron chi connectivity index (χ0n) is 46.1. The van der Waals surface area contributed by atoms with Crippen LogP contribution in [0.5, 0.6) is 17.2 Å². The maximum Gasteiger partial charge on any atom is 0.275 e. The minimum atomic E-state index is -4.54. The molecule has 1 N–H and O–H groups in total. The van der Waals surface area contributed by atoms with E-state index in [1.807, 2.05) is 77.4 Å². The summed E-state index contributed by atoms with van der Waals surface area (Å²) in [5, 5.41) is -1.46. The number of fused-ring (bicyclic) bond motifs is 8. The summed E-state index contributed by atoms with van der Waals surface area (Å²) in [5.41, 5.74) is 11.0. The van der Waals surface area contributed by atoms with Crippen molar-refractivity contribution >= 4 is 66.4 Å². The van der Waals surface area contributed by atoms with Gasteiger partial charge in [-0.15, -0.1) is 0 Å². The van der Waals surface area contributed by atoms with Crippen LogP contribution in [0, 0.1) is 6.92 Å². The van der Waals surface area contributed by atoms with Gasteiger partial charge in [0.15, 0.2) is 17.3 Å². The molecular formula is C61H73N3O12S3. The second-order valence-electron chi connectivity index (χ2n) is 21.3. The first-order valence-corrected chi connectivity index (χ1v) is 31.1. The highest BCUT2D eigenvalue weighted by Crippen LogP contribution is 2.43. The highest BCUT2D eigenvalue weighted by atomic mass is 33.1. The van der Waals surface area contributed by atoms with E-state index < -0.39 is 25.9 Å². The Bertz CT molecular complexity index is 3130. The van der Waals surface area contributed by atoms with Crippen molar-refractivity contribution in [1.82, 2.24) is 0 Å². The van der Waals surface area contributed by atoms with Crippen LogP contribution in [0.1, 0.15) is 106 Å². The lowest BCUT2D eigenvalue weighted by Gasteiger charge is -2.34. The number of nitrogens with zero attached hydrogens (tertiary/aromatic N) is 3. The Morgan fingerprint density at radius 3 is 1.87 bits per heavy atom. The maximum atomic E-state index is 14.3. The van der Waals surface area contributed by atoms with Gasteiger partial charge in [-0.1, -0.05) is 64.9 Å². The lowest BCUT2D eigenvalue weighted by atomic mass is 9.98. The molecule has 0 fully saturated rings. The Morgan fingerprint density at radius 2 is 1.29 bits per heavy atom. The lowest BCUT2D eigenvalue weighted by Crippen LogP contribution is -2.38. The molecule has 9 rings (SSSR count). The number of ether oxygens (including phenoxy) is 6. The summed E-state index contributed by atoms with van der Waals surface area (Å²) in [4.78, 5) is 47.3. The molecule has 0 bridgehead atoms. The van der Waals surface area contributed by atoms with Crippen molar-refractivity contribution < 1.29 is 55.8 Å². The van der Waals surface area contributed by atoms with Crippen LogP contribution in [0.25, 0.3) is 0 Å². The molecule has 0 saturated carbocycles. The number of anilines is 3. The molecule has 5 aromatic carbocycles. The number of rotatable bonds is 27. The van der Waals surface area contributed by atoms with Gasteiger partial charge < -0.3 is 43.1 Å². The molecule has 4 aliphatic rings. The Hall–Kier alpha value is -5.60. The van der Waals surface area contributed by atoms with Gasteiger partial charge in [0.05, 0.1) is 40.1 Å². The molecule has 5 aromatic rings. The van der Waals surface area contributed by atoms with Crippen LogP contribution in [0.2, 0.25) is 0 Å². The number of aryl methyl sites for hydroxylation is 3. The second-order valence-corrected chi connectivity index (χ2v) is 26.1. The molecule has 15 nitrogen and oxygen atoms in total. The van der Waals surface area contributed by atoms with Gasteiger partial charge in [0.2, 0.25) is 0 Å². The van der Waals surface area contributed by atoms with Gasteiger partial charge in [-0.2, -0.15) is 8.42 Å². The zero-order valence-corrected chi connectivity index (χ0v) is 48.6. The number of carbonyl (C=O) groups excluding carboxylic acids is 3. The highest BCUT2D eigenvalue weighted by Gasteiger charge is 2.39. The summed E-state index contributed by atoms with van der Waals surface area (Å²) in [6, 6.07) is 30.6. The highest BCUT2D eigenvalue weighted by molar-refractivity contribution is 8.77. The Labute approximate surface area is 473 Å². The summed E-state index contributed by atoms with van der Waals surface area (Å²) in [7, 11) is 1.73. The van der Waals surface area contributed by atoms with Crippen molar-refractivity contribution in [2.45, 2.75) is 114 Å². The summed E-state index contributed by atoms with van der Waals surface area (Å²) < 4.78 is 70.0. The van der Waals surface area contributed by atoms with Gasteiger partial charge in [0.25, 0.3) is 21.9 Å². The third-order valence-corrected chi connectivity index (χ3v) is 19.7. The first kappa shape index (κ1) is 58.1. The molecule has 0 spiro atoms. The Balaban J connectivity index is 0.993. The van der Waals surface area contributed by atoms with E-state index in [4.69, 9.17) is 28.4 Å². The number of methoxy groups -OCH3 is 2. The second kappa shape index (κ2) is 25.9. The van der Waals surface area contributed by atoms with E-state index in [1.165, 1.54) is 21.9 Å². The van der Waals surface area contributed by atoms with Crippen LogP contribution in [0.4, 0.5) is 17.1 Å².